The van der Waals surface area contributed by atoms with Gasteiger partial charge in [0, 0.05) is 0 Å². The molecular formula is C36H36N2O4. The van der Waals surface area contributed by atoms with Gasteiger partial charge in [0.25, 0.3) is 5.70 Å². The minimum atomic E-state index is -0.570. The molecule has 0 unspecified atom stereocenters. The van der Waals surface area contributed by atoms with Crippen molar-refractivity contribution in [3.05, 3.63) is 118 Å². The van der Waals surface area contributed by atoms with Crippen LogP contribution in [0.15, 0.2) is 95.2 Å². The van der Waals surface area contributed by atoms with Gasteiger partial charge in [-0.1, -0.05) is 72.8 Å². The molecule has 0 saturated heterocycles. The van der Waals surface area contributed by atoms with Gasteiger partial charge >= 0.3 is 11.9 Å². The highest BCUT2D eigenvalue weighted by Crippen LogP contribution is 2.32. The van der Waals surface area contributed by atoms with Gasteiger partial charge in [-0.2, -0.15) is 5.26 Å². The second-order valence-electron chi connectivity index (χ2n) is 10.5. The van der Waals surface area contributed by atoms with E-state index in [1.807, 2.05) is 72.8 Å². The van der Waals surface area contributed by atoms with Crippen molar-refractivity contribution in [3.8, 4) is 6.07 Å². The number of allylic oxidation sites excluding steroid dienone is 6. The Labute approximate surface area is 248 Å². The number of hydrogen-bond donors (Lipinski definition) is 0. The fraction of sp³-hybridized carbons (Fsp3) is 0.333. The maximum Gasteiger partial charge on any atom is 0.349 e. The molecule has 4 rings (SSSR count). The van der Waals surface area contributed by atoms with Crippen molar-refractivity contribution in [2.75, 3.05) is 13.2 Å². The van der Waals surface area contributed by atoms with Gasteiger partial charge in [-0.05, 0) is 97.6 Å². The van der Waals surface area contributed by atoms with Gasteiger partial charge in [0.05, 0.1) is 19.8 Å². The molecule has 2 aromatic carbocycles. The number of carbonyl (C=O) groups is 2. The molecule has 0 radical (unpaired) electrons. The molecule has 2 aliphatic rings. The van der Waals surface area contributed by atoms with Gasteiger partial charge in [0.1, 0.15) is 11.6 Å². The van der Waals surface area contributed by atoms with Crippen LogP contribution in [0, 0.1) is 17.9 Å². The third-order valence-electron chi connectivity index (χ3n) is 7.52. The highest BCUT2D eigenvalue weighted by Gasteiger charge is 2.21. The number of unbranched alkanes of at least 4 members (excludes halogenated alkanes) is 3. The van der Waals surface area contributed by atoms with E-state index in [4.69, 9.17) is 16.0 Å². The first-order chi connectivity index (χ1) is 20.6. The summed E-state index contributed by atoms with van der Waals surface area (Å²) in [6.45, 7) is 8.02. The lowest BCUT2D eigenvalue weighted by atomic mass is 9.88. The van der Waals surface area contributed by atoms with E-state index in [1.165, 1.54) is 0 Å². The lowest BCUT2D eigenvalue weighted by molar-refractivity contribution is -0.140. The molecule has 6 heteroatoms. The average molecular weight is 561 g/mol. The first-order valence-electron chi connectivity index (χ1n) is 14.7. The van der Waals surface area contributed by atoms with Crippen molar-refractivity contribution in [3.63, 3.8) is 0 Å². The smallest absolute Gasteiger partial charge is 0.349 e. The number of hydrogen-bond acceptors (Lipinski definition) is 5. The SMILES string of the molecule is [C-]#[N+]/C(C(=O)OCCCCCCOC(=O)/C(C#N)=C1/C=C(c2ccccc2)CCC1)=C1\C=C(c2ccccc2)CCC1. The van der Waals surface area contributed by atoms with Gasteiger partial charge in [-0.25, -0.2) is 9.64 Å². The standard InChI is InChI=1S/C36H36N2O4/c1-38-34(32-21-13-19-30(25-32)28-16-8-5-9-17-28)36(40)42-23-11-3-2-10-22-41-35(39)33(26-37)31-20-12-18-29(24-31)27-14-6-4-7-15-27/h4-9,14-17,24-25H,2-3,10-13,18-23H2/b33-31+,34-32-. The number of nitrogens with zero attached hydrogens (tertiary/aromatic N) is 2. The summed E-state index contributed by atoms with van der Waals surface area (Å²) in [6.07, 6.45) is 11.8. The summed E-state index contributed by atoms with van der Waals surface area (Å²) in [6, 6.07) is 22.1. The topological polar surface area (TPSA) is 80.8 Å². The zero-order chi connectivity index (χ0) is 29.6. The van der Waals surface area contributed by atoms with Crippen molar-refractivity contribution < 1.29 is 19.1 Å². The highest BCUT2D eigenvalue weighted by molar-refractivity contribution is 5.95. The maximum absolute atomic E-state index is 12.6. The maximum atomic E-state index is 12.6. The van der Waals surface area contributed by atoms with Crippen LogP contribution in [0.3, 0.4) is 0 Å². The van der Waals surface area contributed by atoms with E-state index in [1.54, 1.807) is 0 Å². The van der Waals surface area contributed by atoms with Crippen LogP contribution in [0.5, 0.6) is 0 Å². The summed E-state index contributed by atoms with van der Waals surface area (Å²) in [5.41, 5.74) is 6.13. The molecule has 0 fully saturated rings. The number of esters is 2. The quantitative estimate of drug-likeness (QED) is 0.0910. The molecule has 0 N–H and O–H groups in total. The van der Waals surface area contributed by atoms with E-state index in [0.29, 0.717) is 25.7 Å². The molecule has 0 amide bonds. The molecule has 0 aliphatic heterocycles. The van der Waals surface area contributed by atoms with Crippen LogP contribution in [-0.2, 0) is 19.1 Å². The van der Waals surface area contributed by atoms with E-state index in [2.05, 4.69) is 10.9 Å². The number of nitriles is 1. The van der Waals surface area contributed by atoms with Crippen molar-refractivity contribution in [1.29, 1.82) is 5.26 Å². The average Bonchev–Trinajstić information content (AvgIpc) is 3.04. The normalized spacial score (nSPS) is 17.1. The van der Waals surface area contributed by atoms with Gasteiger partial charge < -0.3 is 9.47 Å². The highest BCUT2D eigenvalue weighted by atomic mass is 16.5. The number of carbonyl (C=O) groups excluding carboxylic acids is 2. The summed E-state index contributed by atoms with van der Waals surface area (Å²) in [5, 5.41) is 9.65. The molecule has 0 saturated carbocycles. The van der Waals surface area contributed by atoms with E-state index in [0.717, 1.165) is 71.9 Å². The lowest BCUT2D eigenvalue weighted by Crippen LogP contribution is -2.11. The van der Waals surface area contributed by atoms with Crippen LogP contribution in [-0.4, -0.2) is 25.2 Å². The summed E-state index contributed by atoms with van der Waals surface area (Å²) < 4.78 is 10.8. The Balaban J connectivity index is 1.19. The number of rotatable bonds is 11. The summed E-state index contributed by atoms with van der Waals surface area (Å²) in [7, 11) is 0. The molecular weight excluding hydrogens is 524 g/mol. The first-order valence-corrected chi connectivity index (χ1v) is 14.7. The van der Waals surface area contributed by atoms with Crippen LogP contribution >= 0.6 is 0 Å². The van der Waals surface area contributed by atoms with Crippen LogP contribution in [0.4, 0.5) is 0 Å². The van der Waals surface area contributed by atoms with Gasteiger partial charge in [0.15, 0.2) is 0 Å². The Hall–Kier alpha value is -4.68. The summed E-state index contributed by atoms with van der Waals surface area (Å²) in [4.78, 5) is 28.8. The molecule has 214 valence electrons. The molecule has 0 aromatic heterocycles. The molecule has 6 nitrogen and oxygen atoms in total. The monoisotopic (exact) mass is 560 g/mol. The van der Waals surface area contributed by atoms with Crippen molar-refractivity contribution in [1.82, 2.24) is 0 Å². The summed E-state index contributed by atoms with van der Waals surface area (Å²) in [5.74, 6) is -1.14. The van der Waals surface area contributed by atoms with Crippen LogP contribution < -0.4 is 0 Å². The molecule has 2 aromatic rings. The van der Waals surface area contributed by atoms with Crippen molar-refractivity contribution in [2.24, 2.45) is 0 Å². The van der Waals surface area contributed by atoms with Crippen molar-refractivity contribution in [2.45, 2.75) is 64.2 Å². The fourth-order valence-electron chi connectivity index (χ4n) is 5.32. The molecule has 0 atom stereocenters. The van der Waals surface area contributed by atoms with Crippen LogP contribution in [0.25, 0.3) is 16.0 Å². The van der Waals surface area contributed by atoms with E-state index in [9.17, 15) is 14.9 Å². The Kier molecular flexibility index (Phi) is 11.5. The molecule has 42 heavy (non-hydrogen) atoms. The van der Waals surface area contributed by atoms with Gasteiger partial charge in [-0.3, -0.25) is 4.79 Å². The van der Waals surface area contributed by atoms with Crippen molar-refractivity contribution >= 4 is 23.1 Å². The second-order valence-corrected chi connectivity index (χ2v) is 10.5. The molecule has 0 bridgehead atoms. The minimum Gasteiger partial charge on any atom is -0.471 e. The van der Waals surface area contributed by atoms with E-state index in [-0.39, 0.29) is 24.5 Å². The zero-order valence-electron chi connectivity index (χ0n) is 23.9. The number of benzene rings is 2. The molecule has 0 spiro atoms. The largest absolute Gasteiger partial charge is 0.471 e. The Bertz CT molecular complexity index is 1350. The van der Waals surface area contributed by atoms with E-state index >= 15 is 0 Å². The Morgan fingerprint density at radius 1 is 0.714 bits per heavy atom. The molecule has 2 aliphatic carbocycles. The van der Waals surface area contributed by atoms with E-state index < -0.39 is 11.9 Å². The minimum absolute atomic E-state index is 0.0705. The predicted molar refractivity (Wildman–Crippen MR) is 163 cm³/mol. The first kappa shape index (κ1) is 30.3. The Morgan fingerprint density at radius 2 is 1.21 bits per heavy atom. The zero-order valence-corrected chi connectivity index (χ0v) is 23.9. The lowest BCUT2D eigenvalue weighted by Gasteiger charge is -2.17. The molecule has 0 heterocycles. The van der Waals surface area contributed by atoms with Gasteiger partial charge in [-0.15, -0.1) is 0 Å². The Morgan fingerprint density at radius 3 is 1.74 bits per heavy atom. The van der Waals surface area contributed by atoms with Gasteiger partial charge in [0.2, 0.25) is 0 Å². The fourth-order valence-corrected chi connectivity index (χ4v) is 5.32. The van der Waals surface area contributed by atoms with Crippen LogP contribution in [0.1, 0.15) is 75.3 Å². The predicted octanol–water partition coefficient (Wildman–Crippen LogP) is 8.16. The summed E-state index contributed by atoms with van der Waals surface area (Å²) >= 11 is 0. The number of ether oxygens (including phenoxy) is 2. The second kappa shape index (κ2) is 15.9. The van der Waals surface area contributed by atoms with Crippen LogP contribution in [0.2, 0.25) is 0 Å². The third kappa shape index (κ3) is 8.41. The third-order valence-corrected chi connectivity index (χ3v) is 7.52.